The lowest BCUT2D eigenvalue weighted by atomic mass is 9.87. The smallest absolute Gasteiger partial charge is 0.405 e. The third-order valence-corrected chi connectivity index (χ3v) is 5.64. The topological polar surface area (TPSA) is 81.9 Å². The molecule has 2 N–H and O–H groups in total. The van der Waals surface area contributed by atoms with Crippen LogP contribution < -0.4 is 5.73 Å². The number of amides is 2. The number of hydrogen-bond acceptors (Lipinski definition) is 4. The van der Waals surface area contributed by atoms with Crippen LogP contribution in [0.5, 0.6) is 0 Å². The summed E-state index contributed by atoms with van der Waals surface area (Å²) in [6.45, 7) is 4.47. The number of nitrogens with two attached hydrogens (primary N) is 1. The van der Waals surface area contributed by atoms with Gasteiger partial charge in [-0.3, -0.25) is 4.79 Å². The van der Waals surface area contributed by atoms with Crippen molar-refractivity contribution in [1.29, 1.82) is 0 Å². The Balaban J connectivity index is 1.60. The summed E-state index contributed by atoms with van der Waals surface area (Å²) in [4.78, 5) is 26.2. The van der Waals surface area contributed by atoms with E-state index in [4.69, 9.17) is 15.2 Å². The number of fused-ring (bicyclic) bond motifs is 1. The lowest BCUT2D eigenvalue weighted by Gasteiger charge is -2.40. The van der Waals surface area contributed by atoms with Gasteiger partial charge in [0.15, 0.2) is 0 Å². The second-order valence-electron chi connectivity index (χ2n) is 7.54. The zero-order chi connectivity index (χ0) is 21.3. The number of carbonyl (C=O) groups excluding carboxylic acids is 2. The van der Waals surface area contributed by atoms with Gasteiger partial charge in [0.1, 0.15) is 18.0 Å². The number of halogens is 1. The molecule has 2 aromatic carbocycles. The molecule has 156 valence electrons. The van der Waals surface area contributed by atoms with Crippen molar-refractivity contribution in [3.63, 3.8) is 0 Å². The predicted molar refractivity (Wildman–Crippen MR) is 108 cm³/mol. The van der Waals surface area contributed by atoms with E-state index < -0.39 is 18.3 Å². The van der Waals surface area contributed by atoms with Crippen LogP contribution in [0.4, 0.5) is 9.18 Å². The van der Waals surface area contributed by atoms with Gasteiger partial charge < -0.3 is 20.1 Å². The van der Waals surface area contributed by atoms with Gasteiger partial charge in [-0.1, -0.05) is 43.0 Å². The van der Waals surface area contributed by atoms with Gasteiger partial charge in [-0.25, -0.2) is 9.18 Å². The Bertz CT molecular complexity index is 975. The highest BCUT2D eigenvalue weighted by Gasteiger charge is 2.38. The van der Waals surface area contributed by atoms with Gasteiger partial charge in [0.25, 0.3) is 5.91 Å². The van der Waals surface area contributed by atoms with Crippen LogP contribution in [0.3, 0.4) is 0 Å². The summed E-state index contributed by atoms with van der Waals surface area (Å²) in [6.07, 6.45) is -1.32. The van der Waals surface area contributed by atoms with Gasteiger partial charge in [0.2, 0.25) is 0 Å². The third kappa shape index (κ3) is 3.93. The molecule has 0 aliphatic carbocycles. The Labute approximate surface area is 174 Å². The molecule has 2 aliphatic rings. The molecule has 4 rings (SSSR count). The Morgan fingerprint density at radius 3 is 2.60 bits per heavy atom. The molecule has 0 bridgehead atoms. The maximum atomic E-state index is 13.5. The van der Waals surface area contributed by atoms with Crippen LogP contribution in [0.25, 0.3) is 0 Å². The monoisotopic (exact) mass is 410 g/mol. The minimum absolute atomic E-state index is 0.0316. The number of nitrogens with zero attached hydrogens (tertiary/aromatic N) is 1. The number of ether oxygens (including phenoxy) is 2. The van der Waals surface area contributed by atoms with Crippen molar-refractivity contribution in [3.8, 4) is 0 Å². The molecular weight excluding hydrogens is 387 g/mol. The predicted octanol–water partition coefficient (Wildman–Crippen LogP) is 3.11. The van der Waals surface area contributed by atoms with E-state index in [0.29, 0.717) is 12.1 Å². The molecular formula is C23H23FN2O4. The fraction of sp³-hybridized carbons (Fsp3) is 0.304. The summed E-state index contributed by atoms with van der Waals surface area (Å²) in [7, 11) is 0. The molecule has 1 saturated heterocycles. The fourth-order valence-electron chi connectivity index (χ4n) is 4.16. The maximum absolute atomic E-state index is 13.5. The molecule has 2 aliphatic heterocycles. The Kier molecular flexibility index (Phi) is 5.55. The molecule has 0 spiro atoms. The largest absolute Gasteiger partial charge is 0.439 e. The first-order valence-corrected chi connectivity index (χ1v) is 9.83. The van der Waals surface area contributed by atoms with Crippen LogP contribution in [-0.4, -0.2) is 42.3 Å². The van der Waals surface area contributed by atoms with E-state index in [0.717, 1.165) is 17.5 Å². The van der Waals surface area contributed by atoms with Crippen molar-refractivity contribution in [1.82, 2.24) is 4.90 Å². The zero-order valence-corrected chi connectivity index (χ0v) is 16.4. The third-order valence-electron chi connectivity index (χ3n) is 5.64. The average molecular weight is 410 g/mol. The van der Waals surface area contributed by atoms with Gasteiger partial charge in [-0.2, -0.15) is 0 Å². The summed E-state index contributed by atoms with van der Waals surface area (Å²) in [5, 5.41) is 0. The first-order chi connectivity index (χ1) is 14.4. The van der Waals surface area contributed by atoms with E-state index in [9.17, 15) is 14.0 Å². The van der Waals surface area contributed by atoms with Crippen molar-refractivity contribution >= 4 is 12.0 Å². The van der Waals surface area contributed by atoms with Crippen LogP contribution in [0, 0.1) is 5.82 Å². The summed E-state index contributed by atoms with van der Waals surface area (Å²) < 4.78 is 24.2. The first-order valence-electron chi connectivity index (χ1n) is 9.83. The molecule has 0 radical (unpaired) electrons. The molecule has 6 nitrogen and oxygen atoms in total. The Morgan fingerprint density at radius 2 is 1.90 bits per heavy atom. The molecule has 2 heterocycles. The van der Waals surface area contributed by atoms with E-state index in [1.54, 1.807) is 17.0 Å². The molecule has 0 aromatic heterocycles. The standard InChI is InChI=1S/C23H23FN2O4/c1-14-12-19(29-13-20(14)30-23(25)28)22(27)26-11-10-15-4-2-3-5-18(15)21(26)16-6-8-17(24)9-7-16/h2-9,19-21H,1,10-13H2,(H2,25,28)/t19-,20-,21-/m0/s1. The van der Waals surface area contributed by atoms with Crippen molar-refractivity contribution < 1.29 is 23.5 Å². The van der Waals surface area contributed by atoms with E-state index in [-0.39, 0.29) is 30.8 Å². The lowest BCUT2D eigenvalue weighted by Crippen LogP contribution is -2.49. The van der Waals surface area contributed by atoms with E-state index in [2.05, 4.69) is 12.6 Å². The van der Waals surface area contributed by atoms with E-state index in [1.165, 1.54) is 17.7 Å². The van der Waals surface area contributed by atoms with Crippen molar-refractivity contribution in [2.24, 2.45) is 5.73 Å². The summed E-state index contributed by atoms with van der Waals surface area (Å²) in [5.74, 6) is -0.495. The van der Waals surface area contributed by atoms with Crippen LogP contribution in [0.15, 0.2) is 60.7 Å². The van der Waals surface area contributed by atoms with Crippen molar-refractivity contribution in [3.05, 3.63) is 83.2 Å². The number of carbonyl (C=O) groups is 2. The number of primary amides is 1. The normalized spacial score (nSPS) is 23.6. The van der Waals surface area contributed by atoms with Gasteiger partial charge in [-0.05, 0) is 40.8 Å². The molecule has 30 heavy (non-hydrogen) atoms. The number of rotatable bonds is 3. The van der Waals surface area contributed by atoms with Crippen molar-refractivity contribution in [2.45, 2.75) is 31.1 Å². The zero-order valence-electron chi connectivity index (χ0n) is 16.4. The first kappa shape index (κ1) is 20.1. The van der Waals surface area contributed by atoms with Crippen LogP contribution >= 0.6 is 0 Å². The average Bonchev–Trinajstić information content (AvgIpc) is 2.74. The fourth-order valence-corrected chi connectivity index (χ4v) is 4.16. The number of hydrogen-bond donors (Lipinski definition) is 1. The SMILES string of the molecule is C=C1C[C@@H](C(=O)N2CCc3ccccc3[C@@H]2c2ccc(F)cc2)OC[C@@H]1OC(N)=O. The van der Waals surface area contributed by atoms with Gasteiger partial charge in [0, 0.05) is 13.0 Å². The molecule has 0 saturated carbocycles. The Hall–Kier alpha value is -3.19. The molecule has 7 heteroatoms. The van der Waals surface area contributed by atoms with E-state index in [1.807, 2.05) is 18.2 Å². The lowest BCUT2D eigenvalue weighted by molar-refractivity contribution is -0.150. The minimum Gasteiger partial charge on any atom is -0.439 e. The van der Waals surface area contributed by atoms with Gasteiger partial charge in [-0.15, -0.1) is 0 Å². The van der Waals surface area contributed by atoms with Crippen molar-refractivity contribution in [2.75, 3.05) is 13.2 Å². The Morgan fingerprint density at radius 1 is 1.17 bits per heavy atom. The van der Waals surface area contributed by atoms with E-state index >= 15 is 0 Å². The van der Waals surface area contributed by atoms with Gasteiger partial charge >= 0.3 is 6.09 Å². The summed E-state index contributed by atoms with van der Waals surface area (Å²) in [6, 6.07) is 13.9. The summed E-state index contributed by atoms with van der Waals surface area (Å²) >= 11 is 0. The highest BCUT2D eigenvalue weighted by atomic mass is 19.1. The highest BCUT2D eigenvalue weighted by Crippen LogP contribution is 2.36. The highest BCUT2D eigenvalue weighted by molar-refractivity contribution is 5.83. The second-order valence-corrected chi connectivity index (χ2v) is 7.54. The molecule has 0 unspecified atom stereocenters. The minimum atomic E-state index is -0.904. The molecule has 2 amide bonds. The molecule has 2 aromatic rings. The molecule has 1 fully saturated rings. The van der Waals surface area contributed by atoms with Gasteiger partial charge in [0.05, 0.1) is 12.6 Å². The maximum Gasteiger partial charge on any atom is 0.405 e. The summed E-state index contributed by atoms with van der Waals surface area (Å²) in [5.41, 5.74) is 8.69. The number of benzene rings is 2. The van der Waals surface area contributed by atoms with Crippen LogP contribution in [0.1, 0.15) is 29.2 Å². The molecule has 3 atom stereocenters. The quantitative estimate of drug-likeness (QED) is 0.789. The van der Waals surface area contributed by atoms with Crippen LogP contribution in [-0.2, 0) is 20.7 Å². The second kappa shape index (κ2) is 8.28. The van der Waals surface area contributed by atoms with Crippen LogP contribution in [0.2, 0.25) is 0 Å².